The summed E-state index contributed by atoms with van der Waals surface area (Å²) in [6, 6.07) is 7.76. The van der Waals surface area contributed by atoms with Gasteiger partial charge in [0.25, 0.3) is 0 Å². The van der Waals surface area contributed by atoms with Crippen molar-refractivity contribution in [3.8, 4) is 0 Å². The first-order chi connectivity index (χ1) is 9.51. The number of carbonyl (C=O) groups excluding carboxylic acids is 1. The molecule has 3 nitrogen and oxygen atoms in total. The molecule has 0 spiro atoms. The summed E-state index contributed by atoms with van der Waals surface area (Å²) in [7, 11) is 1.40. The number of aryl methyl sites for hydroxylation is 3. The SMILES string of the molecule is COC(=O)c1ccc(C)c(NCc2cc(C)sc2C)c1. The fraction of sp³-hybridized carbons (Fsp3) is 0.312. The fourth-order valence-electron chi connectivity index (χ4n) is 2.11. The minimum Gasteiger partial charge on any atom is -0.465 e. The van der Waals surface area contributed by atoms with E-state index in [1.165, 1.54) is 22.4 Å². The van der Waals surface area contributed by atoms with Crippen molar-refractivity contribution in [2.45, 2.75) is 27.3 Å². The highest BCUT2D eigenvalue weighted by molar-refractivity contribution is 7.12. The zero-order valence-corrected chi connectivity index (χ0v) is 13.1. The number of benzene rings is 1. The number of nitrogens with one attached hydrogen (secondary N) is 1. The van der Waals surface area contributed by atoms with Gasteiger partial charge in [-0.15, -0.1) is 11.3 Å². The molecule has 0 aliphatic rings. The fourth-order valence-corrected chi connectivity index (χ4v) is 3.05. The van der Waals surface area contributed by atoms with Gasteiger partial charge in [-0.2, -0.15) is 0 Å². The third kappa shape index (κ3) is 3.20. The topological polar surface area (TPSA) is 38.3 Å². The Morgan fingerprint density at radius 2 is 2.00 bits per heavy atom. The molecule has 20 heavy (non-hydrogen) atoms. The second-order valence-corrected chi connectivity index (χ2v) is 6.27. The molecule has 1 heterocycles. The Balaban J connectivity index is 2.16. The van der Waals surface area contributed by atoms with Crippen LogP contribution in [0.1, 0.15) is 31.2 Å². The van der Waals surface area contributed by atoms with E-state index in [0.29, 0.717) is 5.56 Å². The molecule has 0 unspecified atom stereocenters. The van der Waals surface area contributed by atoms with E-state index in [1.54, 1.807) is 17.4 Å². The highest BCUT2D eigenvalue weighted by atomic mass is 32.1. The number of hydrogen-bond acceptors (Lipinski definition) is 4. The molecular weight excluding hydrogens is 270 g/mol. The lowest BCUT2D eigenvalue weighted by Crippen LogP contribution is -2.05. The number of thiophene rings is 1. The van der Waals surface area contributed by atoms with Crippen molar-refractivity contribution in [3.05, 3.63) is 50.7 Å². The van der Waals surface area contributed by atoms with E-state index in [4.69, 9.17) is 4.74 Å². The largest absolute Gasteiger partial charge is 0.465 e. The van der Waals surface area contributed by atoms with E-state index in [-0.39, 0.29) is 5.97 Å². The molecule has 0 saturated carbocycles. The zero-order chi connectivity index (χ0) is 14.7. The molecule has 2 rings (SSSR count). The van der Waals surface area contributed by atoms with E-state index in [9.17, 15) is 4.79 Å². The predicted molar refractivity (Wildman–Crippen MR) is 83.6 cm³/mol. The van der Waals surface area contributed by atoms with Crippen molar-refractivity contribution < 1.29 is 9.53 Å². The first-order valence-corrected chi connectivity index (χ1v) is 7.31. The molecule has 1 aromatic heterocycles. The van der Waals surface area contributed by atoms with E-state index in [1.807, 2.05) is 19.1 Å². The van der Waals surface area contributed by atoms with Crippen molar-refractivity contribution in [1.29, 1.82) is 0 Å². The van der Waals surface area contributed by atoms with Crippen LogP contribution in [0.4, 0.5) is 5.69 Å². The number of hydrogen-bond donors (Lipinski definition) is 1. The van der Waals surface area contributed by atoms with Crippen LogP contribution in [0.5, 0.6) is 0 Å². The second-order valence-electron chi connectivity index (χ2n) is 4.81. The molecule has 0 aliphatic carbocycles. The van der Waals surface area contributed by atoms with Gasteiger partial charge in [-0.3, -0.25) is 0 Å². The minimum absolute atomic E-state index is 0.310. The van der Waals surface area contributed by atoms with E-state index < -0.39 is 0 Å². The molecule has 106 valence electrons. The first kappa shape index (κ1) is 14.6. The van der Waals surface area contributed by atoms with Crippen LogP contribution in [0.3, 0.4) is 0 Å². The molecule has 1 N–H and O–H groups in total. The summed E-state index contributed by atoms with van der Waals surface area (Å²) in [4.78, 5) is 14.2. The Morgan fingerprint density at radius 3 is 2.60 bits per heavy atom. The lowest BCUT2D eigenvalue weighted by atomic mass is 10.1. The van der Waals surface area contributed by atoms with Crippen LogP contribution < -0.4 is 5.32 Å². The molecule has 0 radical (unpaired) electrons. The van der Waals surface area contributed by atoms with Crippen molar-refractivity contribution in [3.63, 3.8) is 0 Å². The smallest absolute Gasteiger partial charge is 0.337 e. The van der Waals surface area contributed by atoms with Crippen molar-refractivity contribution in [1.82, 2.24) is 0 Å². The predicted octanol–water partition coefficient (Wildman–Crippen LogP) is 4.07. The number of esters is 1. The summed E-state index contributed by atoms with van der Waals surface area (Å²) in [6.45, 7) is 7.04. The maximum atomic E-state index is 11.6. The van der Waals surface area contributed by atoms with Gasteiger partial charge in [0.05, 0.1) is 12.7 Å². The number of methoxy groups -OCH3 is 1. The second kappa shape index (κ2) is 6.09. The van der Waals surface area contributed by atoms with Gasteiger partial charge >= 0.3 is 5.97 Å². The number of rotatable bonds is 4. The zero-order valence-electron chi connectivity index (χ0n) is 12.2. The van der Waals surface area contributed by atoms with Gasteiger partial charge in [0, 0.05) is 22.0 Å². The van der Waals surface area contributed by atoms with Gasteiger partial charge < -0.3 is 10.1 Å². The number of ether oxygens (including phenoxy) is 1. The first-order valence-electron chi connectivity index (χ1n) is 6.50. The molecule has 0 saturated heterocycles. The Labute approximate surface area is 123 Å². The maximum Gasteiger partial charge on any atom is 0.337 e. The average molecular weight is 289 g/mol. The molecule has 0 bridgehead atoms. The number of carbonyl (C=O) groups is 1. The molecule has 1 aromatic carbocycles. The van der Waals surface area contributed by atoms with Crippen LogP contribution in [0.15, 0.2) is 24.3 Å². The monoisotopic (exact) mass is 289 g/mol. The van der Waals surface area contributed by atoms with Gasteiger partial charge in [0.2, 0.25) is 0 Å². The third-order valence-electron chi connectivity index (χ3n) is 3.27. The summed E-state index contributed by atoms with van der Waals surface area (Å²) < 4.78 is 4.75. The number of anilines is 1. The van der Waals surface area contributed by atoms with Crippen LogP contribution in [0, 0.1) is 20.8 Å². The van der Waals surface area contributed by atoms with Crippen LogP contribution in [-0.4, -0.2) is 13.1 Å². The molecule has 0 fully saturated rings. The normalized spacial score (nSPS) is 10.4. The molecule has 2 aromatic rings. The lowest BCUT2D eigenvalue weighted by Gasteiger charge is -2.11. The Morgan fingerprint density at radius 1 is 1.25 bits per heavy atom. The van der Waals surface area contributed by atoms with Gasteiger partial charge in [-0.05, 0) is 50.1 Å². The Kier molecular flexibility index (Phi) is 4.45. The summed E-state index contributed by atoms with van der Waals surface area (Å²) in [5.74, 6) is -0.310. The highest BCUT2D eigenvalue weighted by Crippen LogP contribution is 2.23. The average Bonchev–Trinajstić information content (AvgIpc) is 2.75. The minimum atomic E-state index is -0.310. The Hall–Kier alpha value is -1.81. The van der Waals surface area contributed by atoms with Crippen molar-refractivity contribution in [2.24, 2.45) is 0 Å². The van der Waals surface area contributed by atoms with Gasteiger partial charge in [-0.1, -0.05) is 6.07 Å². The summed E-state index contributed by atoms with van der Waals surface area (Å²) in [5.41, 5.74) is 3.95. The highest BCUT2D eigenvalue weighted by Gasteiger charge is 2.09. The van der Waals surface area contributed by atoms with Gasteiger partial charge in [0.1, 0.15) is 0 Å². The van der Waals surface area contributed by atoms with Crippen LogP contribution in [0.25, 0.3) is 0 Å². The van der Waals surface area contributed by atoms with E-state index in [0.717, 1.165) is 17.8 Å². The molecule has 0 aliphatic heterocycles. The Bertz CT molecular complexity index is 631. The third-order valence-corrected chi connectivity index (χ3v) is 4.28. The van der Waals surface area contributed by atoms with E-state index in [2.05, 4.69) is 25.2 Å². The lowest BCUT2D eigenvalue weighted by molar-refractivity contribution is 0.0601. The molecule has 0 atom stereocenters. The standard InChI is InChI=1S/C16H19NO2S/c1-10-5-6-13(16(18)19-4)8-15(10)17-9-14-7-11(2)20-12(14)3/h5-8,17H,9H2,1-4H3. The van der Waals surface area contributed by atoms with Crippen molar-refractivity contribution >= 4 is 23.0 Å². The van der Waals surface area contributed by atoms with Crippen LogP contribution >= 0.6 is 11.3 Å². The molecule has 4 heteroatoms. The molecule has 0 amide bonds. The quantitative estimate of drug-likeness (QED) is 0.862. The maximum absolute atomic E-state index is 11.6. The van der Waals surface area contributed by atoms with Crippen molar-refractivity contribution in [2.75, 3.05) is 12.4 Å². The van der Waals surface area contributed by atoms with E-state index >= 15 is 0 Å². The summed E-state index contributed by atoms with van der Waals surface area (Å²) in [5, 5.41) is 3.40. The van der Waals surface area contributed by atoms with Crippen LogP contribution in [0.2, 0.25) is 0 Å². The van der Waals surface area contributed by atoms with Gasteiger partial charge in [0.15, 0.2) is 0 Å². The van der Waals surface area contributed by atoms with Gasteiger partial charge in [-0.25, -0.2) is 4.79 Å². The summed E-state index contributed by atoms with van der Waals surface area (Å²) >= 11 is 1.81. The molecular formula is C16H19NO2S. The van der Waals surface area contributed by atoms with Crippen LogP contribution in [-0.2, 0) is 11.3 Å². The summed E-state index contributed by atoms with van der Waals surface area (Å²) in [6.07, 6.45) is 0.